The van der Waals surface area contributed by atoms with Crippen LogP contribution in [0.1, 0.15) is 104 Å². The topological polar surface area (TPSA) is 18.5 Å². The lowest BCUT2D eigenvalue weighted by atomic mass is 10.1. The molecule has 0 bridgehead atoms. The van der Waals surface area contributed by atoms with Crippen LogP contribution in [0.3, 0.4) is 0 Å². The van der Waals surface area contributed by atoms with Crippen LogP contribution in [0.25, 0.3) is 0 Å². The Kier molecular flexibility index (Phi) is 19.9. The van der Waals surface area contributed by atoms with Crippen molar-refractivity contribution in [2.24, 2.45) is 5.92 Å². The van der Waals surface area contributed by atoms with Gasteiger partial charge in [-0.05, 0) is 18.8 Å². The standard InChI is InChI=1S/C21H44O2/c1-4-5-6-7-8-9-10-11-12-13-14-15-17-22-19-20-23-18-16-21(2)3/h21H,4-20H2,1-3H3. The SMILES string of the molecule is CCCCCCCCCCCCCCOCCOCCC(C)C. The summed E-state index contributed by atoms with van der Waals surface area (Å²) in [5, 5.41) is 0. The summed E-state index contributed by atoms with van der Waals surface area (Å²) in [7, 11) is 0. The predicted octanol–water partition coefficient (Wildman–Crippen LogP) is 6.77. The van der Waals surface area contributed by atoms with E-state index in [2.05, 4.69) is 20.8 Å². The van der Waals surface area contributed by atoms with Gasteiger partial charge < -0.3 is 9.47 Å². The third-order valence-corrected chi connectivity index (χ3v) is 4.35. The van der Waals surface area contributed by atoms with Gasteiger partial charge in [-0.1, -0.05) is 91.4 Å². The van der Waals surface area contributed by atoms with E-state index in [1.165, 1.54) is 77.0 Å². The molecule has 0 N–H and O–H groups in total. The maximum absolute atomic E-state index is 5.61. The summed E-state index contributed by atoms with van der Waals surface area (Å²) in [6, 6.07) is 0. The summed E-state index contributed by atoms with van der Waals surface area (Å²) in [5.41, 5.74) is 0. The number of rotatable bonds is 19. The van der Waals surface area contributed by atoms with Crippen molar-refractivity contribution >= 4 is 0 Å². The smallest absolute Gasteiger partial charge is 0.0700 e. The first-order valence-electron chi connectivity index (χ1n) is 10.4. The molecule has 0 aliphatic carbocycles. The van der Waals surface area contributed by atoms with Gasteiger partial charge in [-0.2, -0.15) is 0 Å². The van der Waals surface area contributed by atoms with Crippen LogP contribution >= 0.6 is 0 Å². The molecule has 140 valence electrons. The Morgan fingerprint density at radius 3 is 1.43 bits per heavy atom. The van der Waals surface area contributed by atoms with Gasteiger partial charge in [0.2, 0.25) is 0 Å². The zero-order valence-electron chi connectivity index (χ0n) is 16.4. The second-order valence-electron chi connectivity index (χ2n) is 7.30. The Bertz CT molecular complexity index is 204. The highest BCUT2D eigenvalue weighted by atomic mass is 16.5. The summed E-state index contributed by atoms with van der Waals surface area (Å²) >= 11 is 0. The van der Waals surface area contributed by atoms with Gasteiger partial charge in [0.15, 0.2) is 0 Å². The van der Waals surface area contributed by atoms with Gasteiger partial charge in [0.25, 0.3) is 0 Å². The highest BCUT2D eigenvalue weighted by Crippen LogP contribution is 2.11. The molecule has 0 aliphatic rings. The number of hydrogen-bond donors (Lipinski definition) is 0. The van der Waals surface area contributed by atoms with Crippen LogP contribution in [0.4, 0.5) is 0 Å². The largest absolute Gasteiger partial charge is 0.379 e. The van der Waals surface area contributed by atoms with Crippen LogP contribution in [0, 0.1) is 5.92 Å². The highest BCUT2D eigenvalue weighted by molar-refractivity contribution is 4.48. The fraction of sp³-hybridized carbons (Fsp3) is 1.00. The Morgan fingerprint density at radius 1 is 0.522 bits per heavy atom. The molecular weight excluding hydrogens is 284 g/mol. The number of ether oxygens (including phenoxy) is 2. The molecule has 2 heteroatoms. The molecule has 0 rings (SSSR count). The van der Waals surface area contributed by atoms with Crippen molar-refractivity contribution in [1.29, 1.82) is 0 Å². The first-order chi connectivity index (χ1) is 11.3. The minimum absolute atomic E-state index is 0.733. The molecule has 0 heterocycles. The maximum Gasteiger partial charge on any atom is 0.0700 e. The van der Waals surface area contributed by atoms with Gasteiger partial charge in [0.05, 0.1) is 13.2 Å². The molecule has 23 heavy (non-hydrogen) atoms. The van der Waals surface area contributed by atoms with E-state index >= 15 is 0 Å². The molecule has 0 radical (unpaired) electrons. The van der Waals surface area contributed by atoms with Gasteiger partial charge in [0, 0.05) is 13.2 Å². The summed E-state index contributed by atoms with van der Waals surface area (Å²) in [5.74, 6) is 0.733. The predicted molar refractivity (Wildman–Crippen MR) is 102 cm³/mol. The van der Waals surface area contributed by atoms with Crippen molar-refractivity contribution in [2.45, 2.75) is 104 Å². The van der Waals surface area contributed by atoms with Crippen molar-refractivity contribution in [3.05, 3.63) is 0 Å². The van der Waals surface area contributed by atoms with Gasteiger partial charge in [-0.25, -0.2) is 0 Å². The monoisotopic (exact) mass is 328 g/mol. The van der Waals surface area contributed by atoms with E-state index in [0.717, 1.165) is 38.8 Å². The van der Waals surface area contributed by atoms with Gasteiger partial charge in [0.1, 0.15) is 0 Å². The van der Waals surface area contributed by atoms with Crippen LogP contribution < -0.4 is 0 Å². The molecule has 0 aromatic rings. The first-order valence-corrected chi connectivity index (χ1v) is 10.4. The van der Waals surface area contributed by atoms with Crippen LogP contribution in [0.15, 0.2) is 0 Å². The fourth-order valence-corrected chi connectivity index (χ4v) is 2.69. The molecule has 0 aromatic heterocycles. The molecule has 0 saturated carbocycles. The molecule has 0 fully saturated rings. The molecule has 0 aromatic carbocycles. The Hall–Kier alpha value is -0.0800. The maximum atomic E-state index is 5.61. The lowest BCUT2D eigenvalue weighted by molar-refractivity contribution is 0.0426. The number of hydrogen-bond acceptors (Lipinski definition) is 2. The third-order valence-electron chi connectivity index (χ3n) is 4.35. The molecule has 2 nitrogen and oxygen atoms in total. The average molecular weight is 329 g/mol. The van der Waals surface area contributed by atoms with Crippen molar-refractivity contribution in [3.8, 4) is 0 Å². The van der Waals surface area contributed by atoms with Gasteiger partial charge in [-0.15, -0.1) is 0 Å². The van der Waals surface area contributed by atoms with E-state index in [9.17, 15) is 0 Å². The molecule has 0 aliphatic heterocycles. The van der Waals surface area contributed by atoms with E-state index in [0.29, 0.717) is 0 Å². The minimum atomic E-state index is 0.733. The van der Waals surface area contributed by atoms with E-state index in [4.69, 9.17) is 9.47 Å². The molecular formula is C21H44O2. The second-order valence-corrected chi connectivity index (χ2v) is 7.30. The second kappa shape index (κ2) is 20.0. The van der Waals surface area contributed by atoms with E-state index in [-0.39, 0.29) is 0 Å². The summed E-state index contributed by atoms with van der Waals surface area (Å²) in [4.78, 5) is 0. The highest BCUT2D eigenvalue weighted by Gasteiger charge is 1.95. The molecule has 0 amide bonds. The quantitative estimate of drug-likeness (QED) is 0.244. The average Bonchev–Trinajstić information content (AvgIpc) is 2.53. The van der Waals surface area contributed by atoms with E-state index < -0.39 is 0 Å². The van der Waals surface area contributed by atoms with E-state index in [1.54, 1.807) is 0 Å². The lowest BCUT2D eigenvalue weighted by Crippen LogP contribution is -2.07. The summed E-state index contributed by atoms with van der Waals surface area (Å²) in [6.45, 7) is 10.0. The molecule has 0 spiro atoms. The van der Waals surface area contributed by atoms with E-state index in [1.807, 2.05) is 0 Å². The Morgan fingerprint density at radius 2 is 0.957 bits per heavy atom. The Labute approximate surface area is 146 Å². The minimum Gasteiger partial charge on any atom is -0.379 e. The van der Waals surface area contributed by atoms with Crippen LogP contribution in [-0.4, -0.2) is 26.4 Å². The lowest BCUT2D eigenvalue weighted by Gasteiger charge is -2.07. The first kappa shape index (κ1) is 22.9. The zero-order valence-corrected chi connectivity index (χ0v) is 16.4. The van der Waals surface area contributed by atoms with Gasteiger partial charge >= 0.3 is 0 Å². The molecule has 0 unspecified atom stereocenters. The van der Waals surface area contributed by atoms with Crippen molar-refractivity contribution < 1.29 is 9.47 Å². The molecule has 0 saturated heterocycles. The van der Waals surface area contributed by atoms with Crippen molar-refractivity contribution in [2.75, 3.05) is 26.4 Å². The number of unbranched alkanes of at least 4 members (excludes halogenated alkanes) is 11. The Balaban J connectivity index is 2.95. The fourth-order valence-electron chi connectivity index (χ4n) is 2.69. The van der Waals surface area contributed by atoms with Crippen LogP contribution in [-0.2, 0) is 9.47 Å². The summed E-state index contributed by atoms with van der Waals surface area (Å²) in [6.07, 6.45) is 17.9. The van der Waals surface area contributed by atoms with Crippen LogP contribution in [0.5, 0.6) is 0 Å². The van der Waals surface area contributed by atoms with Crippen molar-refractivity contribution in [1.82, 2.24) is 0 Å². The zero-order chi connectivity index (χ0) is 17.0. The van der Waals surface area contributed by atoms with Crippen molar-refractivity contribution in [3.63, 3.8) is 0 Å². The third kappa shape index (κ3) is 21.9. The normalized spacial score (nSPS) is 11.5. The van der Waals surface area contributed by atoms with Gasteiger partial charge in [-0.3, -0.25) is 0 Å². The van der Waals surface area contributed by atoms with Crippen LogP contribution in [0.2, 0.25) is 0 Å². The molecule has 0 atom stereocenters. The summed E-state index contributed by atoms with van der Waals surface area (Å²) < 4.78 is 11.1.